The summed E-state index contributed by atoms with van der Waals surface area (Å²) in [6.45, 7) is 3.28. The molecule has 1 amide bonds. The SMILES string of the molecule is Cc1nc(-c2ccc(C(=O)N3CCCC(N)C3)cc2)n[nH]1. The second kappa shape index (κ2) is 5.65. The van der Waals surface area contributed by atoms with Crippen molar-refractivity contribution in [2.24, 2.45) is 5.73 Å². The average Bonchev–Trinajstić information content (AvgIpc) is 2.93. The molecule has 3 N–H and O–H groups in total. The van der Waals surface area contributed by atoms with Crippen LogP contribution in [0.3, 0.4) is 0 Å². The van der Waals surface area contributed by atoms with Gasteiger partial charge in [0.25, 0.3) is 5.91 Å². The van der Waals surface area contributed by atoms with E-state index in [1.165, 1.54) is 0 Å². The van der Waals surface area contributed by atoms with Crippen molar-refractivity contribution in [3.05, 3.63) is 35.7 Å². The lowest BCUT2D eigenvalue weighted by Crippen LogP contribution is -2.45. The van der Waals surface area contributed by atoms with Crippen LogP contribution in [0, 0.1) is 6.92 Å². The Labute approximate surface area is 123 Å². The van der Waals surface area contributed by atoms with Crippen LogP contribution in [0.2, 0.25) is 0 Å². The van der Waals surface area contributed by atoms with Crippen molar-refractivity contribution in [3.63, 3.8) is 0 Å². The van der Waals surface area contributed by atoms with Crippen LogP contribution in [0.1, 0.15) is 29.0 Å². The van der Waals surface area contributed by atoms with Crippen LogP contribution in [0.15, 0.2) is 24.3 Å². The Kier molecular flexibility index (Phi) is 3.70. The summed E-state index contributed by atoms with van der Waals surface area (Å²) < 4.78 is 0. The van der Waals surface area contributed by atoms with Crippen LogP contribution in [0.25, 0.3) is 11.4 Å². The van der Waals surface area contributed by atoms with E-state index in [-0.39, 0.29) is 11.9 Å². The van der Waals surface area contributed by atoms with Crippen LogP contribution in [0.5, 0.6) is 0 Å². The first kappa shape index (κ1) is 13.8. The molecular formula is C15H19N5O. The number of likely N-dealkylation sites (tertiary alicyclic amines) is 1. The Morgan fingerprint density at radius 2 is 2.14 bits per heavy atom. The minimum atomic E-state index is 0.0443. The third-order valence-electron chi connectivity index (χ3n) is 3.73. The second-order valence-corrected chi connectivity index (χ2v) is 5.48. The summed E-state index contributed by atoms with van der Waals surface area (Å²) in [4.78, 5) is 18.5. The number of amides is 1. The van der Waals surface area contributed by atoms with E-state index in [0.717, 1.165) is 30.8 Å². The minimum absolute atomic E-state index is 0.0443. The maximum absolute atomic E-state index is 12.4. The molecule has 1 atom stereocenters. The number of hydrogen-bond donors (Lipinski definition) is 2. The van der Waals surface area contributed by atoms with Gasteiger partial charge in [-0.3, -0.25) is 9.89 Å². The zero-order valence-corrected chi connectivity index (χ0v) is 12.0. The number of hydrogen-bond acceptors (Lipinski definition) is 4. The molecule has 0 bridgehead atoms. The van der Waals surface area contributed by atoms with Crippen LogP contribution in [-0.4, -0.2) is 45.1 Å². The molecule has 6 heteroatoms. The van der Waals surface area contributed by atoms with Gasteiger partial charge >= 0.3 is 0 Å². The van der Waals surface area contributed by atoms with Gasteiger partial charge in [-0.1, -0.05) is 12.1 Å². The number of nitrogens with two attached hydrogens (primary N) is 1. The number of H-pyrrole nitrogens is 1. The lowest BCUT2D eigenvalue weighted by atomic mass is 10.0. The van der Waals surface area contributed by atoms with Crippen molar-refractivity contribution in [1.29, 1.82) is 0 Å². The van der Waals surface area contributed by atoms with Crippen molar-refractivity contribution in [2.75, 3.05) is 13.1 Å². The van der Waals surface area contributed by atoms with Crippen LogP contribution in [-0.2, 0) is 0 Å². The zero-order chi connectivity index (χ0) is 14.8. The van der Waals surface area contributed by atoms with Gasteiger partial charge in [-0.15, -0.1) is 0 Å². The summed E-state index contributed by atoms with van der Waals surface area (Å²) >= 11 is 0. The first-order valence-electron chi connectivity index (χ1n) is 7.18. The van der Waals surface area contributed by atoms with Crippen LogP contribution in [0.4, 0.5) is 0 Å². The molecule has 0 radical (unpaired) electrons. The summed E-state index contributed by atoms with van der Waals surface area (Å²) in [5, 5.41) is 6.92. The van der Waals surface area contributed by atoms with Gasteiger partial charge in [0.05, 0.1) is 0 Å². The molecular weight excluding hydrogens is 266 g/mol. The molecule has 0 saturated carbocycles. The highest BCUT2D eigenvalue weighted by Crippen LogP contribution is 2.18. The van der Waals surface area contributed by atoms with Gasteiger partial charge in [0.2, 0.25) is 0 Å². The Morgan fingerprint density at radius 1 is 1.38 bits per heavy atom. The van der Waals surface area contributed by atoms with E-state index in [4.69, 9.17) is 5.73 Å². The number of benzene rings is 1. The van der Waals surface area contributed by atoms with E-state index >= 15 is 0 Å². The van der Waals surface area contributed by atoms with Crippen LogP contribution >= 0.6 is 0 Å². The van der Waals surface area contributed by atoms with Gasteiger partial charge in [-0.2, -0.15) is 5.10 Å². The number of aromatic amines is 1. The standard InChI is InChI=1S/C15H19N5O/c1-10-17-14(19-18-10)11-4-6-12(7-5-11)15(21)20-8-2-3-13(16)9-20/h4-7,13H,2-3,8-9,16H2,1H3,(H,17,18,19). The quantitative estimate of drug-likeness (QED) is 0.871. The molecule has 1 aromatic carbocycles. The molecule has 110 valence electrons. The third-order valence-corrected chi connectivity index (χ3v) is 3.73. The molecule has 1 aliphatic heterocycles. The summed E-state index contributed by atoms with van der Waals surface area (Å²) in [5.41, 5.74) is 7.50. The van der Waals surface area contributed by atoms with E-state index < -0.39 is 0 Å². The normalized spacial score (nSPS) is 18.8. The summed E-state index contributed by atoms with van der Waals surface area (Å²) in [6, 6.07) is 7.49. The monoisotopic (exact) mass is 285 g/mol. The van der Waals surface area contributed by atoms with Gasteiger partial charge in [0.15, 0.2) is 5.82 Å². The van der Waals surface area contributed by atoms with Crippen LogP contribution < -0.4 is 5.73 Å². The molecule has 1 aliphatic rings. The zero-order valence-electron chi connectivity index (χ0n) is 12.0. The van der Waals surface area contributed by atoms with Crippen molar-refractivity contribution < 1.29 is 4.79 Å². The van der Waals surface area contributed by atoms with E-state index in [9.17, 15) is 4.79 Å². The lowest BCUT2D eigenvalue weighted by Gasteiger charge is -2.30. The molecule has 0 aliphatic carbocycles. The highest BCUT2D eigenvalue weighted by Gasteiger charge is 2.22. The number of carbonyl (C=O) groups excluding carboxylic acids is 1. The van der Waals surface area contributed by atoms with Gasteiger partial charge in [0.1, 0.15) is 5.82 Å². The number of piperidine rings is 1. The second-order valence-electron chi connectivity index (χ2n) is 5.48. The first-order valence-corrected chi connectivity index (χ1v) is 7.18. The van der Waals surface area contributed by atoms with Gasteiger partial charge in [0, 0.05) is 30.3 Å². The fraction of sp³-hybridized carbons (Fsp3) is 0.400. The summed E-state index contributed by atoms with van der Waals surface area (Å²) in [5.74, 6) is 1.46. The predicted octanol–water partition coefficient (Wildman–Crippen LogP) is 1.34. The fourth-order valence-electron chi connectivity index (χ4n) is 2.61. The largest absolute Gasteiger partial charge is 0.337 e. The van der Waals surface area contributed by atoms with Crippen molar-refractivity contribution in [3.8, 4) is 11.4 Å². The molecule has 0 spiro atoms. The average molecular weight is 285 g/mol. The van der Waals surface area contributed by atoms with E-state index in [1.807, 2.05) is 36.1 Å². The molecule has 1 saturated heterocycles. The Hall–Kier alpha value is -2.21. The Morgan fingerprint density at radius 3 is 2.76 bits per heavy atom. The highest BCUT2D eigenvalue weighted by molar-refractivity contribution is 5.94. The first-order chi connectivity index (χ1) is 10.1. The number of nitrogens with zero attached hydrogens (tertiary/aromatic N) is 3. The number of aromatic nitrogens is 3. The lowest BCUT2D eigenvalue weighted by molar-refractivity contribution is 0.0709. The van der Waals surface area contributed by atoms with E-state index in [2.05, 4.69) is 15.2 Å². The van der Waals surface area contributed by atoms with Gasteiger partial charge in [-0.25, -0.2) is 4.98 Å². The number of nitrogens with one attached hydrogen (secondary N) is 1. The molecule has 2 aromatic rings. The molecule has 2 heterocycles. The maximum Gasteiger partial charge on any atom is 0.253 e. The van der Waals surface area contributed by atoms with Crippen molar-refractivity contribution in [2.45, 2.75) is 25.8 Å². The molecule has 1 aromatic heterocycles. The van der Waals surface area contributed by atoms with E-state index in [0.29, 0.717) is 17.9 Å². The molecule has 3 rings (SSSR count). The molecule has 21 heavy (non-hydrogen) atoms. The topological polar surface area (TPSA) is 87.9 Å². The number of aryl methyl sites for hydroxylation is 1. The number of carbonyl (C=O) groups is 1. The van der Waals surface area contributed by atoms with E-state index in [1.54, 1.807) is 0 Å². The van der Waals surface area contributed by atoms with Gasteiger partial charge in [-0.05, 0) is 31.9 Å². The Bertz CT molecular complexity index is 634. The third kappa shape index (κ3) is 2.95. The summed E-state index contributed by atoms with van der Waals surface area (Å²) in [7, 11) is 0. The molecule has 1 unspecified atom stereocenters. The van der Waals surface area contributed by atoms with Gasteiger partial charge < -0.3 is 10.6 Å². The highest BCUT2D eigenvalue weighted by atomic mass is 16.2. The van der Waals surface area contributed by atoms with Crippen molar-refractivity contribution >= 4 is 5.91 Å². The van der Waals surface area contributed by atoms with Crippen molar-refractivity contribution in [1.82, 2.24) is 20.1 Å². The maximum atomic E-state index is 12.4. The molecule has 6 nitrogen and oxygen atoms in total. The fourth-order valence-corrected chi connectivity index (χ4v) is 2.61. The minimum Gasteiger partial charge on any atom is -0.337 e. The summed E-state index contributed by atoms with van der Waals surface area (Å²) in [6.07, 6.45) is 1.97. The smallest absolute Gasteiger partial charge is 0.253 e. The predicted molar refractivity (Wildman–Crippen MR) is 79.7 cm³/mol. The Balaban J connectivity index is 1.76. The molecule has 1 fully saturated rings. The number of rotatable bonds is 2.